The van der Waals surface area contributed by atoms with E-state index in [-0.39, 0.29) is 19.5 Å². The molecule has 0 unspecified atom stereocenters. The summed E-state index contributed by atoms with van der Waals surface area (Å²) in [5.41, 5.74) is 0. The van der Waals surface area contributed by atoms with Crippen LogP contribution in [-0.4, -0.2) is 70.9 Å². The predicted molar refractivity (Wildman–Crippen MR) is 146 cm³/mol. The molecule has 0 radical (unpaired) electrons. The van der Waals surface area contributed by atoms with E-state index in [0.717, 1.165) is 52.5 Å². The molecule has 0 amide bonds. The van der Waals surface area contributed by atoms with Gasteiger partial charge in [0.15, 0.2) is 0 Å². The van der Waals surface area contributed by atoms with Crippen LogP contribution in [0.2, 0.25) is 0 Å². The first-order valence-electron chi connectivity index (χ1n) is 11.6. The normalized spacial score (nSPS) is 12.3. The molecule has 0 saturated carbocycles. The fraction of sp³-hybridized carbons (Fsp3) is 0.909. The Bertz CT molecular complexity index is 345. The van der Waals surface area contributed by atoms with E-state index in [1.807, 2.05) is 0 Å². The van der Waals surface area contributed by atoms with Gasteiger partial charge in [0.05, 0.1) is 13.2 Å². The zero-order valence-corrected chi connectivity index (χ0v) is 26.7. The molecule has 1 N–H and O–H groups in total. The van der Waals surface area contributed by atoms with Gasteiger partial charge >= 0.3 is 19.5 Å². The van der Waals surface area contributed by atoms with E-state index in [0.29, 0.717) is 8.64 Å². The third-order valence-corrected chi connectivity index (χ3v) is 5.52. The Balaban J connectivity index is -0.000000391. The van der Waals surface area contributed by atoms with Crippen LogP contribution in [0.3, 0.4) is 0 Å². The fourth-order valence-corrected chi connectivity index (χ4v) is 3.23. The van der Waals surface area contributed by atoms with Crippen LogP contribution in [0.1, 0.15) is 79.1 Å². The summed E-state index contributed by atoms with van der Waals surface area (Å²) in [5, 5.41) is 3.16. The molecule has 1 fully saturated rings. The molecule has 180 valence electrons. The second kappa shape index (κ2) is 28.8. The molecule has 0 bridgehead atoms. The number of unbranched alkanes of at least 4 members (excludes halogenated alkanes) is 4. The van der Waals surface area contributed by atoms with Crippen molar-refractivity contribution in [3.63, 3.8) is 0 Å². The summed E-state index contributed by atoms with van der Waals surface area (Å²) in [4.78, 5) is 4.27. The maximum Gasteiger partial charge on any atom is 2.00 e. The third kappa shape index (κ3) is 26.9. The van der Waals surface area contributed by atoms with Gasteiger partial charge in [-0.05, 0) is 25.7 Å². The Labute approximate surface area is 228 Å². The minimum absolute atomic E-state index is 0. The first-order valence-corrected chi connectivity index (χ1v) is 13.3. The summed E-state index contributed by atoms with van der Waals surface area (Å²) in [7, 11) is 0. The molecule has 0 aromatic heterocycles. The first-order chi connectivity index (χ1) is 14.4. The molecule has 1 rings (SSSR count). The summed E-state index contributed by atoms with van der Waals surface area (Å²) in [5.74, 6) is 0. The second-order valence-corrected chi connectivity index (χ2v) is 9.35. The largest absolute Gasteiger partial charge is 2.00 e. The molecule has 1 heterocycles. The number of ether oxygens (including phenoxy) is 1. The van der Waals surface area contributed by atoms with Crippen molar-refractivity contribution < 1.29 is 24.2 Å². The molecule has 4 nitrogen and oxygen atoms in total. The number of rotatable bonds is 12. The average molecular weight is 561 g/mol. The molecule has 31 heavy (non-hydrogen) atoms. The van der Waals surface area contributed by atoms with E-state index >= 15 is 0 Å². The number of nitrogens with one attached hydrogen (secondary N) is 1. The minimum Gasteiger partial charge on any atom is -0.411 e. The predicted octanol–water partition coefficient (Wildman–Crippen LogP) is 5.04. The summed E-state index contributed by atoms with van der Waals surface area (Å²) in [6.45, 7) is 16.7. The maximum atomic E-state index is 5.01. The van der Waals surface area contributed by atoms with E-state index in [1.54, 1.807) is 0 Å². The topological polar surface area (TPSA) is 27.7 Å². The van der Waals surface area contributed by atoms with Crippen LogP contribution in [0.5, 0.6) is 0 Å². The number of morpholine rings is 1. The average Bonchev–Trinajstić information content (AvgIpc) is 2.75. The Morgan fingerprint density at radius 1 is 0.710 bits per heavy atom. The number of nitrogens with zero attached hydrogens (tertiary/aromatic N) is 2. The fourth-order valence-electron chi connectivity index (χ4n) is 2.50. The third-order valence-electron chi connectivity index (χ3n) is 4.49. The van der Waals surface area contributed by atoms with Crippen molar-refractivity contribution in [2.75, 3.05) is 52.5 Å². The molecule has 1 aliphatic rings. The van der Waals surface area contributed by atoms with Crippen LogP contribution in [0, 0.1) is 0 Å². The van der Waals surface area contributed by atoms with Gasteiger partial charge in [0, 0.05) is 39.3 Å². The van der Waals surface area contributed by atoms with Crippen molar-refractivity contribution in [1.29, 1.82) is 0 Å². The second-order valence-electron chi connectivity index (χ2n) is 7.28. The van der Waals surface area contributed by atoms with Crippen molar-refractivity contribution in [3.05, 3.63) is 0 Å². The summed E-state index contributed by atoms with van der Waals surface area (Å²) in [6.07, 6.45) is 9.62. The number of hydrogen-bond acceptors (Lipinski definition) is 6. The van der Waals surface area contributed by atoms with Crippen molar-refractivity contribution in [2.45, 2.75) is 79.1 Å². The van der Waals surface area contributed by atoms with Gasteiger partial charge in [0.1, 0.15) is 0 Å². The van der Waals surface area contributed by atoms with Crippen LogP contribution in [0.15, 0.2) is 0 Å². The monoisotopic (exact) mass is 559 g/mol. The summed E-state index contributed by atoms with van der Waals surface area (Å²) in [6, 6.07) is 0. The van der Waals surface area contributed by atoms with Crippen molar-refractivity contribution in [1.82, 2.24) is 15.1 Å². The molecule has 1 aliphatic heterocycles. The molecule has 0 spiro atoms. The molecule has 0 atom stereocenters. The van der Waals surface area contributed by atoms with Crippen LogP contribution in [0.4, 0.5) is 0 Å². The van der Waals surface area contributed by atoms with E-state index < -0.39 is 0 Å². The molecule has 0 aromatic rings. The van der Waals surface area contributed by atoms with Gasteiger partial charge in [-0.25, -0.2) is 0 Å². The van der Waals surface area contributed by atoms with Gasteiger partial charge in [-0.15, -0.1) is 0 Å². The van der Waals surface area contributed by atoms with Crippen molar-refractivity contribution in [2.24, 2.45) is 0 Å². The van der Waals surface area contributed by atoms with Crippen LogP contribution in [0.25, 0.3) is 0 Å². The zero-order valence-electron chi connectivity index (χ0n) is 20.5. The van der Waals surface area contributed by atoms with Crippen LogP contribution < -0.4 is 5.32 Å². The van der Waals surface area contributed by atoms with Gasteiger partial charge in [0.2, 0.25) is 0 Å². The molecule has 1 saturated heterocycles. The molecule has 0 aromatic carbocycles. The van der Waals surface area contributed by atoms with Crippen molar-refractivity contribution >= 4 is 58.3 Å². The van der Waals surface area contributed by atoms with E-state index in [2.05, 4.69) is 42.8 Å². The van der Waals surface area contributed by atoms with Crippen molar-refractivity contribution in [3.8, 4) is 0 Å². The molecular formula is C22H45N3OS4Zn. The standard InChI is InChI=1S/2C9H19NS2.C4H9NO.Zn/c2*1-3-5-7-10(9(11)12)8-6-4-2;1-3-6-4-2-5-1;/h2*3-8H2,1-2H3,(H,11,12);5H,1-4H2;/q;;;+2/p-2. The Morgan fingerprint density at radius 2 is 1.00 bits per heavy atom. The molecule has 0 aliphatic carbocycles. The SMILES string of the molecule is C1COCCN1.CCCCN(CCCC)C(=S)[S-].CCCCN(CCCC)C(=S)[S-].[Zn+2]. The Morgan fingerprint density at radius 3 is 1.13 bits per heavy atom. The minimum atomic E-state index is 0. The summed E-state index contributed by atoms with van der Waals surface area (Å²) < 4.78 is 6.28. The van der Waals surface area contributed by atoms with Crippen LogP contribution in [-0.2, 0) is 49.5 Å². The smallest absolute Gasteiger partial charge is 0.411 e. The zero-order chi connectivity index (χ0) is 23.0. The molecular weight excluding hydrogens is 516 g/mol. The number of thiocarbonyl (C=S) groups is 2. The van der Waals surface area contributed by atoms with Gasteiger partial charge in [0.25, 0.3) is 0 Å². The van der Waals surface area contributed by atoms with Gasteiger partial charge < -0.3 is 69.5 Å². The van der Waals surface area contributed by atoms with Gasteiger partial charge in [-0.2, -0.15) is 0 Å². The molecule has 9 heteroatoms. The van der Waals surface area contributed by atoms with E-state index in [1.165, 1.54) is 51.4 Å². The number of hydrogen-bond donors (Lipinski definition) is 1. The Hall–Kier alpha value is 0.763. The van der Waals surface area contributed by atoms with E-state index in [4.69, 9.17) is 54.4 Å². The Kier molecular flexibility index (Phi) is 33.8. The van der Waals surface area contributed by atoms with E-state index in [9.17, 15) is 0 Å². The summed E-state index contributed by atoms with van der Waals surface area (Å²) >= 11 is 19.9. The van der Waals surface area contributed by atoms with Gasteiger partial charge in [-0.1, -0.05) is 62.0 Å². The first kappa shape index (κ1) is 36.3. The van der Waals surface area contributed by atoms with Crippen LogP contribution >= 0.6 is 24.4 Å². The maximum absolute atomic E-state index is 5.01. The quantitative estimate of drug-likeness (QED) is 0.201. The van der Waals surface area contributed by atoms with Gasteiger partial charge in [-0.3, -0.25) is 0 Å².